The molecule has 3 aromatic carbocycles. The standard InChI is InChI=1S/C42H58O6/c1-5-45-41(43)33(27-25-31-17-9-7-10-18-31)29(3)47-39-35-21-13-15-23-37(35)40(38-24-16-14-22-36(38)39)48-30(4)34(42(44)46-6-2)28-26-32-19-11-8-12-20-32/h13-16,21-24,29-34H,5-12,17-20,25-28H2,1-4H3. The lowest BCUT2D eigenvalue weighted by atomic mass is 9.83. The molecule has 3 aromatic rings. The molecule has 2 aliphatic rings. The highest BCUT2D eigenvalue weighted by Crippen LogP contribution is 2.44. The van der Waals surface area contributed by atoms with Crippen LogP contribution in [0.25, 0.3) is 21.5 Å². The van der Waals surface area contributed by atoms with Crippen LogP contribution in [0.3, 0.4) is 0 Å². The van der Waals surface area contributed by atoms with Gasteiger partial charge in [-0.2, -0.15) is 0 Å². The number of carbonyl (C=O) groups excluding carboxylic acids is 2. The predicted octanol–water partition coefficient (Wildman–Crippen LogP) is 10.6. The Morgan fingerprint density at radius 2 is 0.917 bits per heavy atom. The highest BCUT2D eigenvalue weighted by atomic mass is 16.5. The van der Waals surface area contributed by atoms with E-state index in [1.807, 2.05) is 52.0 Å². The third-order valence-electron chi connectivity index (χ3n) is 11.0. The Bertz CT molecular complexity index is 1300. The van der Waals surface area contributed by atoms with Crippen LogP contribution in [0.15, 0.2) is 48.5 Å². The zero-order valence-electron chi connectivity index (χ0n) is 29.8. The van der Waals surface area contributed by atoms with E-state index in [1.54, 1.807) is 0 Å². The lowest BCUT2D eigenvalue weighted by Crippen LogP contribution is -2.33. The number of esters is 2. The van der Waals surface area contributed by atoms with E-state index in [9.17, 15) is 9.59 Å². The molecule has 4 atom stereocenters. The van der Waals surface area contributed by atoms with Gasteiger partial charge in [0.1, 0.15) is 23.7 Å². The molecule has 0 bridgehead atoms. The fourth-order valence-electron chi connectivity index (χ4n) is 8.21. The van der Waals surface area contributed by atoms with Crippen LogP contribution in [0.5, 0.6) is 11.5 Å². The molecule has 262 valence electrons. The molecular weight excluding hydrogens is 600 g/mol. The van der Waals surface area contributed by atoms with Crippen LogP contribution in [0.2, 0.25) is 0 Å². The molecule has 5 rings (SSSR count). The van der Waals surface area contributed by atoms with Gasteiger partial charge < -0.3 is 18.9 Å². The van der Waals surface area contributed by atoms with E-state index in [1.165, 1.54) is 64.2 Å². The number of carbonyl (C=O) groups is 2. The second-order valence-corrected chi connectivity index (χ2v) is 14.3. The van der Waals surface area contributed by atoms with Crippen LogP contribution < -0.4 is 9.47 Å². The van der Waals surface area contributed by atoms with E-state index in [0.29, 0.717) is 25.0 Å². The normalized spacial score (nSPS) is 18.6. The third-order valence-corrected chi connectivity index (χ3v) is 11.0. The van der Waals surface area contributed by atoms with Crippen molar-refractivity contribution in [2.45, 2.75) is 130 Å². The summed E-state index contributed by atoms with van der Waals surface area (Å²) in [6.07, 6.45) is 15.6. The summed E-state index contributed by atoms with van der Waals surface area (Å²) in [5.41, 5.74) is 0. The fourth-order valence-corrected chi connectivity index (χ4v) is 8.21. The van der Waals surface area contributed by atoms with Crippen molar-refractivity contribution in [3.63, 3.8) is 0 Å². The quantitative estimate of drug-likeness (QED) is 0.113. The Labute approximate surface area is 288 Å². The first-order chi connectivity index (χ1) is 23.4. The van der Waals surface area contributed by atoms with Crippen LogP contribution >= 0.6 is 0 Å². The third kappa shape index (κ3) is 9.03. The zero-order chi connectivity index (χ0) is 33.9. The summed E-state index contributed by atoms with van der Waals surface area (Å²) in [5.74, 6) is 1.78. The van der Waals surface area contributed by atoms with Crippen molar-refractivity contribution >= 4 is 33.5 Å². The average Bonchev–Trinajstić information content (AvgIpc) is 3.11. The lowest BCUT2D eigenvalue weighted by molar-refractivity contribution is -0.152. The van der Waals surface area contributed by atoms with E-state index in [-0.39, 0.29) is 36.0 Å². The molecule has 6 heteroatoms. The largest absolute Gasteiger partial charge is 0.489 e. The Kier molecular flexibility index (Phi) is 13.4. The van der Waals surface area contributed by atoms with Gasteiger partial charge in [0, 0.05) is 21.5 Å². The number of hydrogen-bond donors (Lipinski definition) is 0. The topological polar surface area (TPSA) is 71.1 Å². The van der Waals surface area contributed by atoms with Gasteiger partial charge >= 0.3 is 11.9 Å². The molecule has 0 radical (unpaired) electrons. The Morgan fingerprint density at radius 1 is 0.583 bits per heavy atom. The van der Waals surface area contributed by atoms with Gasteiger partial charge in [0.15, 0.2) is 0 Å². The summed E-state index contributed by atoms with van der Waals surface area (Å²) in [4.78, 5) is 26.6. The summed E-state index contributed by atoms with van der Waals surface area (Å²) >= 11 is 0. The Morgan fingerprint density at radius 3 is 1.23 bits per heavy atom. The molecule has 4 unspecified atom stereocenters. The van der Waals surface area contributed by atoms with Crippen LogP contribution in [-0.4, -0.2) is 37.4 Å². The van der Waals surface area contributed by atoms with Crippen LogP contribution in [-0.2, 0) is 19.1 Å². The van der Waals surface area contributed by atoms with Crippen molar-refractivity contribution in [3.05, 3.63) is 48.5 Å². The van der Waals surface area contributed by atoms with E-state index >= 15 is 0 Å². The van der Waals surface area contributed by atoms with Gasteiger partial charge in [0.25, 0.3) is 0 Å². The molecule has 2 aliphatic carbocycles. The Balaban J connectivity index is 1.44. The second kappa shape index (κ2) is 17.9. The van der Waals surface area contributed by atoms with E-state index in [2.05, 4.69) is 24.3 Å². The first-order valence-electron chi connectivity index (χ1n) is 19.0. The molecule has 0 N–H and O–H groups in total. The summed E-state index contributed by atoms with van der Waals surface area (Å²) in [6.45, 7) is 8.46. The van der Waals surface area contributed by atoms with Crippen molar-refractivity contribution < 1.29 is 28.5 Å². The van der Waals surface area contributed by atoms with Crippen LogP contribution in [0, 0.1) is 23.7 Å². The molecule has 0 aromatic heterocycles. The van der Waals surface area contributed by atoms with Crippen molar-refractivity contribution in [2.75, 3.05) is 13.2 Å². The molecule has 0 aliphatic heterocycles. The van der Waals surface area contributed by atoms with E-state index < -0.39 is 0 Å². The molecular formula is C42H58O6. The minimum absolute atomic E-state index is 0.179. The van der Waals surface area contributed by atoms with Gasteiger partial charge in [0.2, 0.25) is 0 Å². The minimum Gasteiger partial charge on any atom is -0.489 e. The number of hydrogen-bond acceptors (Lipinski definition) is 6. The van der Waals surface area contributed by atoms with E-state index in [4.69, 9.17) is 18.9 Å². The monoisotopic (exact) mass is 658 g/mol. The molecule has 48 heavy (non-hydrogen) atoms. The van der Waals surface area contributed by atoms with Gasteiger partial charge in [-0.3, -0.25) is 9.59 Å². The maximum atomic E-state index is 13.3. The molecule has 2 fully saturated rings. The summed E-state index contributed by atoms with van der Waals surface area (Å²) in [5, 5.41) is 3.70. The highest BCUT2D eigenvalue weighted by Gasteiger charge is 2.33. The maximum Gasteiger partial charge on any atom is 0.312 e. The zero-order valence-corrected chi connectivity index (χ0v) is 29.8. The smallest absolute Gasteiger partial charge is 0.312 e. The minimum atomic E-state index is -0.377. The fraction of sp³-hybridized carbons (Fsp3) is 0.619. The van der Waals surface area contributed by atoms with Gasteiger partial charge in [-0.05, 0) is 65.2 Å². The van der Waals surface area contributed by atoms with Crippen molar-refractivity contribution in [1.29, 1.82) is 0 Å². The van der Waals surface area contributed by atoms with Crippen molar-refractivity contribution in [1.82, 2.24) is 0 Å². The predicted molar refractivity (Wildman–Crippen MR) is 193 cm³/mol. The molecule has 0 spiro atoms. The molecule has 0 heterocycles. The molecule has 0 amide bonds. The number of ether oxygens (including phenoxy) is 4. The van der Waals surface area contributed by atoms with Crippen molar-refractivity contribution in [2.24, 2.45) is 23.7 Å². The van der Waals surface area contributed by atoms with Crippen LogP contribution in [0.4, 0.5) is 0 Å². The van der Waals surface area contributed by atoms with Gasteiger partial charge in [-0.15, -0.1) is 0 Å². The van der Waals surface area contributed by atoms with Crippen LogP contribution in [0.1, 0.15) is 118 Å². The van der Waals surface area contributed by atoms with Gasteiger partial charge in [-0.25, -0.2) is 0 Å². The SMILES string of the molecule is CCOC(=O)C(CCC1CCCCC1)C(C)Oc1c2ccccc2c(OC(C)C(CCC2CCCCC2)C(=O)OCC)c2ccccc12. The second-order valence-electron chi connectivity index (χ2n) is 14.3. The maximum absolute atomic E-state index is 13.3. The highest BCUT2D eigenvalue weighted by molar-refractivity contribution is 6.11. The lowest BCUT2D eigenvalue weighted by Gasteiger charge is -2.29. The first-order valence-corrected chi connectivity index (χ1v) is 19.0. The summed E-state index contributed by atoms with van der Waals surface area (Å²) in [6, 6.07) is 16.3. The van der Waals surface area contributed by atoms with Gasteiger partial charge in [0.05, 0.1) is 25.0 Å². The number of fused-ring (bicyclic) bond motifs is 2. The molecule has 2 saturated carbocycles. The van der Waals surface area contributed by atoms with Gasteiger partial charge in [-0.1, -0.05) is 113 Å². The molecule has 6 nitrogen and oxygen atoms in total. The first kappa shape index (κ1) is 36.0. The average molecular weight is 659 g/mol. The Hall–Kier alpha value is -3.28. The summed E-state index contributed by atoms with van der Waals surface area (Å²) in [7, 11) is 0. The number of benzene rings is 3. The summed E-state index contributed by atoms with van der Waals surface area (Å²) < 4.78 is 24.9. The number of rotatable bonds is 16. The van der Waals surface area contributed by atoms with Crippen molar-refractivity contribution in [3.8, 4) is 11.5 Å². The molecule has 0 saturated heterocycles. The van der Waals surface area contributed by atoms with E-state index in [0.717, 1.165) is 58.7 Å².